The van der Waals surface area contributed by atoms with E-state index in [4.69, 9.17) is 4.74 Å². The van der Waals surface area contributed by atoms with Crippen LogP contribution in [0.25, 0.3) is 0 Å². The topological polar surface area (TPSA) is 72.3 Å². The number of fused-ring (bicyclic) bond motifs is 1. The van der Waals surface area contributed by atoms with Crippen molar-refractivity contribution in [1.29, 1.82) is 0 Å². The quantitative estimate of drug-likeness (QED) is 0.824. The first-order chi connectivity index (χ1) is 13.5. The molecule has 3 heterocycles. The Morgan fingerprint density at radius 3 is 2.52 bits per heavy atom. The molecule has 8 heteroatoms. The smallest absolute Gasteiger partial charge is 0.260 e. The van der Waals surface area contributed by atoms with Crippen LogP contribution in [0.2, 0.25) is 0 Å². The van der Waals surface area contributed by atoms with E-state index in [1.165, 1.54) is 5.56 Å². The number of aromatic nitrogens is 3. The molecule has 158 valence electrons. The number of amides is 1. The van der Waals surface area contributed by atoms with Crippen molar-refractivity contribution in [3.63, 3.8) is 0 Å². The van der Waals surface area contributed by atoms with E-state index in [1.54, 1.807) is 0 Å². The van der Waals surface area contributed by atoms with Gasteiger partial charge in [0, 0.05) is 32.1 Å². The van der Waals surface area contributed by atoms with Crippen LogP contribution >= 0.6 is 12.4 Å². The summed E-state index contributed by atoms with van der Waals surface area (Å²) >= 11 is 0. The number of likely N-dealkylation sites (tertiary alicyclic amines) is 1. The van der Waals surface area contributed by atoms with Gasteiger partial charge in [0.05, 0.1) is 6.54 Å². The summed E-state index contributed by atoms with van der Waals surface area (Å²) in [5, 5.41) is 12.1. The number of hydrogen-bond donors (Lipinski definition) is 1. The van der Waals surface area contributed by atoms with Crippen LogP contribution in [0.5, 0.6) is 5.75 Å². The van der Waals surface area contributed by atoms with Gasteiger partial charge in [-0.25, -0.2) is 0 Å². The zero-order valence-corrected chi connectivity index (χ0v) is 18.2. The van der Waals surface area contributed by atoms with Crippen molar-refractivity contribution in [3.8, 4) is 5.75 Å². The van der Waals surface area contributed by atoms with E-state index in [1.807, 2.05) is 18.7 Å². The molecule has 4 rings (SSSR count). The molecular weight excluding hydrogens is 390 g/mol. The zero-order chi connectivity index (χ0) is 19.7. The number of aryl methyl sites for hydroxylation is 3. The molecule has 2 aliphatic rings. The minimum atomic E-state index is 0. The zero-order valence-electron chi connectivity index (χ0n) is 17.4. The number of benzene rings is 1. The molecule has 1 fully saturated rings. The number of nitrogens with one attached hydrogen (secondary N) is 1. The standard InChI is InChI=1S/C21H29N5O2.ClH/c1-14-10-15(2)20(16(3)11-14)28-13-19(27)25-7-4-17(5-8-25)21-24-23-18-12-22-6-9-26(18)21;/h10-11,17,22H,4-9,12-13H2,1-3H3;1H. The number of carbonyl (C=O) groups excluding carboxylic acids is 1. The second-order valence-electron chi connectivity index (χ2n) is 7.97. The second-order valence-corrected chi connectivity index (χ2v) is 7.97. The van der Waals surface area contributed by atoms with Crippen LogP contribution in [0.15, 0.2) is 12.1 Å². The lowest BCUT2D eigenvalue weighted by atomic mass is 9.95. The molecule has 0 radical (unpaired) electrons. The minimum absolute atomic E-state index is 0. The lowest BCUT2D eigenvalue weighted by molar-refractivity contribution is -0.134. The molecule has 0 bridgehead atoms. The van der Waals surface area contributed by atoms with Crippen LogP contribution in [0.3, 0.4) is 0 Å². The summed E-state index contributed by atoms with van der Waals surface area (Å²) < 4.78 is 8.14. The largest absolute Gasteiger partial charge is 0.483 e. The molecule has 1 aromatic heterocycles. The molecule has 2 aromatic rings. The van der Waals surface area contributed by atoms with Crippen molar-refractivity contribution < 1.29 is 9.53 Å². The van der Waals surface area contributed by atoms with Crippen molar-refractivity contribution in [2.24, 2.45) is 0 Å². The fourth-order valence-electron chi connectivity index (χ4n) is 4.42. The van der Waals surface area contributed by atoms with Gasteiger partial charge in [-0.05, 0) is 44.7 Å². The molecule has 7 nitrogen and oxygen atoms in total. The number of carbonyl (C=O) groups is 1. The fraction of sp³-hybridized carbons (Fsp3) is 0.571. The molecule has 0 saturated carbocycles. The first kappa shape index (κ1) is 21.6. The van der Waals surface area contributed by atoms with E-state index >= 15 is 0 Å². The van der Waals surface area contributed by atoms with Gasteiger partial charge in [-0.1, -0.05) is 17.7 Å². The molecule has 1 N–H and O–H groups in total. The highest BCUT2D eigenvalue weighted by molar-refractivity contribution is 5.85. The van der Waals surface area contributed by atoms with E-state index in [0.29, 0.717) is 5.92 Å². The molecule has 1 saturated heterocycles. The van der Waals surface area contributed by atoms with Gasteiger partial charge >= 0.3 is 0 Å². The lowest BCUT2D eigenvalue weighted by Gasteiger charge is -2.32. The molecule has 2 aliphatic heterocycles. The Labute approximate surface area is 178 Å². The summed E-state index contributed by atoms with van der Waals surface area (Å²) in [6.45, 7) is 10.4. The van der Waals surface area contributed by atoms with Gasteiger partial charge in [-0.15, -0.1) is 22.6 Å². The number of piperidine rings is 1. The lowest BCUT2D eigenvalue weighted by Crippen LogP contribution is -2.41. The Kier molecular flexibility index (Phi) is 6.80. The Hall–Kier alpha value is -2.12. The SMILES string of the molecule is Cc1cc(C)c(OCC(=O)N2CCC(c3nnc4n3CCNC4)CC2)c(C)c1.Cl. The summed E-state index contributed by atoms with van der Waals surface area (Å²) in [7, 11) is 0. The summed E-state index contributed by atoms with van der Waals surface area (Å²) in [5.41, 5.74) is 3.37. The highest BCUT2D eigenvalue weighted by Gasteiger charge is 2.29. The van der Waals surface area contributed by atoms with Crippen LogP contribution in [0.1, 0.15) is 47.1 Å². The van der Waals surface area contributed by atoms with E-state index in [0.717, 1.165) is 74.1 Å². The fourth-order valence-corrected chi connectivity index (χ4v) is 4.42. The Bertz CT molecular complexity index is 851. The maximum Gasteiger partial charge on any atom is 0.260 e. The number of halogens is 1. The molecular formula is C21H30ClN5O2. The predicted molar refractivity (Wildman–Crippen MR) is 114 cm³/mol. The van der Waals surface area contributed by atoms with Crippen LogP contribution < -0.4 is 10.1 Å². The number of ether oxygens (including phenoxy) is 1. The summed E-state index contributed by atoms with van der Waals surface area (Å²) in [6, 6.07) is 4.18. The van der Waals surface area contributed by atoms with Crippen molar-refractivity contribution in [2.75, 3.05) is 26.2 Å². The first-order valence-electron chi connectivity index (χ1n) is 10.1. The minimum Gasteiger partial charge on any atom is -0.483 e. The molecule has 1 aromatic carbocycles. The van der Waals surface area contributed by atoms with Crippen LogP contribution in [-0.2, 0) is 17.9 Å². The van der Waals surface area contributed by atoms with Crippen molar-refractivity contribution in [2.45, 2.75) is 52.6 Å². The van der Waals surface area contributed by atoms with Gasteiger partial charge in [0.25, 0.3) is 5.91 Å². The second kappa shape index (κ2) is 9.13. The maximum atomic E-state index is 12.6. The van der Waals surface area contributed by atoms with Gasteiger partial charge in [-0.2, -0.15) is 0 Å². The monoisotopic (exact) mass is 419 g/mol. The van der Waals surface area contributed by atoms with Gasteiger partial charge in [0.1, 0.15) is 17.4 Å². The number of rotatable bonds is 4. The normalized spacial score (nSPS) is 16.9. The average Bonchev–Trinajstić information content (AvgIpc) is 3.11. The Balaban J connectivity index is 0.00000240. The van der Waals surface area contributed by atoms with Crippen LogP contribution in [0.4, 0.5) is 0 Å². The van der Waals surface area contributed by atoms with Gasteiger partial charge in [0.15, 0.2) is 6.61 Å². The molecule has 0 unspecified atom stereocenters. The first-order valence-corrected chi connectivity index (χ1v) is 10.1. The van der Waals surface area contributed by atoms with Crippen LogP contribution in [-0.4, -0.2) is 51.8 Å². The number of nitrogens with zero attached hydrogens (tertiary/aromatic N) is 4. The molecule has 1 amide bonds. The third kappa shape index (κ3) is 4.56. The third-order valence-electron chi connectivity index (χ3n) is 5.81. The van der Waals surface area contributed by atoms with Crippen molar-refractivity contribution >= 4 is 18.3 Å². The predicted octanol–water partition coefficient (Wildman–Crippen LogP) is 2.51. The van der Waals surface area contributed by atoms with Gasteiger partial charge in [0.2, 0.25) is 0 Å². The van der Waals surface area contributed by atoms with Crippen molar-refractivity contribution in [3.05, 3.63) is 40.5 Å². The molecule has 29 heavy (non-hydrogen) atoms. The highest BCUT2D eigenvalue weighted by atomic mass is 35.5. The Morgan fingerprint density at radius 2 is 1.83 bits per heavy atom. The van der Waals surface area contributed by atoms with Crippen LogP contribution in [0, 0.1) is 20.8 Å². The summed E-state index contributed by atoms with van der Waals surface area (Å²) in [4.78, 5) is 14.6. The molecule has 0 spiro atoms. The van der Waals surface area contributed by atoms with E-state index in [2.05, 4.69) is 39.1 Å². The maximum absolute atomic E-state index is 12.6. The number of hydrogen-bond acceptors (Lipinski definition) is 5. The third-order valence-corrected chi connectivity index (χ3v) is 5.81. The Morgan fingerprint density at radius 1 is 1.14 bits per heavy atom. The van der Waals surface area contributed by atoms with Gasteiger partial charge in [-0.3, -0.25) is 4.79 Å². The van der Waals surface area contributed by atoms with E-state index in [-0.39, 0.29) is 24.9 Å². The summed E-state index contributed by atoms with van der Waals surface area (Å²) in [6.07, 6.45) is 1.86. The van der Waals surface area contributed by atoms with Gasteiger partial charge < -0.3 is 19.5 Å². The van der Waals surface area contributed by atoms with Crippen molar-refractivity contribution in [1.82, 2.24) is 25.0 Å². The van der Waals surface area contributed by atoms with E-state index < -0.39 is 0 Å². The molecule has 0 atom stereocenters. The average molecular weight is 420 g/mol. The molecule has 0 aliphatic carbocycles. The summed E-state index contributed by atoms with van der Waals surface area (Å²) in [5.74, 6) is 3.39. The van der Waals surface area contributed by atoms with E-state index in [9.17, 15) is 4.79 Å². The highest BCUT2D eigenvalue weighted by Crippen LogP contribution is 2.28.